The van der Waals surface area contributed by atoms with Gasteiger partial charge in [-0.3, -0.25) is 9.48 Å². The number of carbonyl (C=O) groups is 1. The van der Waals surface area contributed by atoms with Crippen molar-refractivity contribution in [2.24, 2.45) is 7.05 Å². The lowest BCUT2D eigenvalue weighted by Crippen LogP contribution is -2.37. The molecule has 4 rings (SSSR count). The van der Waals surface area contributed by atoms with E-state index in [0.29, 0.717) is 31.0 Å². The van der Waals surface area contributed by atoms with Crippen LogP contribution in [0.15, 0.2) is 42.5 Å². The number of carbonyl (C=O) groups excluding carboxylic acids is 1. The van der Waals surface area contributed by atoms with E-state index >= 15 is 0 Å². The molecule has 0 saturated heterocycles. The second-order valence-electron chi connectivity index (χ2n) is 7.23. The molecule has 0 saturated carbocycles. The standard InChI is InChI=1S/C22H23FN4O2/c1-15-6-5-9-21(24-15)29-14-19-17-13-27(11-10-20(17)26(2)25-19)22(28)12-16-7-3-4-8-18(16)23/h3-9H,10-14H2,1-2H3. The van der Waals surface area contributed by atoms with Gasteiger partial charge in [0.05, 0.1) is 6.42 Å². The molecule has 1 aliphatic heterocycles. The molecular formula is C22H23FN4O2. The Hall–Kier alpha value is -3.22. The van der Waals surface area contributed by atoms with Crippen LogP contribution in [0.3, 0.4) is 0 Å². The molecule has 0 unspecified atom stereocenters. The molecule has 7 heteroatoms. The Labute approximate surface area is 168 Å². The first-order valence-corrected chi connectivity index (χ1v) is 9.62. The molecule has 3 aromatic rings. The van der Waals surface area contributed by atoms with Crippen molar-refractivity contribution >= 4 is 5.91 Å². The number of hydrogen-bond donors (Lipinski definition) is 0. The highest BCUT2D eigenvalue weighted by Crippen LogP contribution is 2.24. The zero-order chi connectivity index (χ0) is 20.4. The number of halogens is 1. The van der Waals surface area contributed by atoms with Crippen molar-refractivity contribution in [3.8, 4) is 5.88 Å². The number of pyridine rings is 1. The summed E-state index contributed by atoms with van der Waals surface area (Å²) in [5.74, 6) is 0.115. The van der Waals surface area contributed by atoms with Crippen LogP contribution in [-0.2, 0) is 37.8 Å². The summed E-state index contributed by atoms with van der Waals surface area (Å²) in [6.07, 6.45) is 0.770. The van der Waals surface area contributed by atoms with Gasteiger partial charge in [0.15, 0.2) is 0 Å². The van der Waals surface area contributed by atoms with Crippen molar-refractivity contribution in [1.29, 1.82) is 0 Å². The SMILES string of the molecule is Cc1cccc(OCc2nn(C)c3c2CN(C(=O)Cc2ccccc2F)CC3)n1. The van der Waals surface area contributed by atoms with Crippen LogP contribution >= 0.6 is 0 Å². The largest absolute Gasteiger partial charge is 0.471 e. The van der Waals surface area contributed by atoms with Crippen LogP contribution in [0.5, 0.6) is 5.88 Å². The van der Waals surface area contributed by atoms with Gasteiger partial charge in [0, 0.05) is 49.6 Å². The van der Waals surface area contributed by atoms with E-state index in [1.54, 1.807) is 23.1 Å². The van der Waals surface area contributed by atoms with Gasteiger partial charge in [0.25, 0.3) is 0 Å². The van der Waals surface area contributed by atoms with Crippen molar-refractivity contribution in [1.82, 2.24) is 19.7 Å². The molecule has 0 radical (unpaired) electrons. The molecular weight excluding hydrogens is 371 g/mol. The molecule has 1 aliphatic rings. The number of amides is 1. The Balaban J connectivity index is 1.48. The van der Waals surface area contributed by atoms with Crippen molar-refractivity contribution in [2.45, 2.75) is 32.9 Å². The number of aryl methyl sites for hydroxylation is 2. The van der Waals surface area contributed by atoms with Crippen LogP contribution in [0.2, 0.25) is 0 Å². The predicted octanol–water partition coefficient (Wildman–Crippen LogP) is 2.97. The van der Waals surface area contributed by atoms with Crippen LogP contribution in [0.4, 0.5) is 4.39 Å². The monoisotopic (exact) mass is 394 g/mol. The van der Waals surface area contributed by atoms with Crippen LogP contribution in [0, 0.1) is 12.7 Å². The van der Waals surface area contributed by atoms with Gasteiger partial charge in [-0.2, -0.15) is 5.10 Å². The van der Waals surface area contributed by atoms with E-state index in [-0.39, 0.29) is 24.8 Å². The Kier molecular flexibility index (Phi) is 5.29. The fraction of sp³-hybridized carbons (Fsp3) is 0.318. The molecule has 150 valence electrons. The number of benzene rings is 1. The van der Waals surface area contributed by atoms with E-state index in [9.17, 15) is 9.18 Å². The Morgan fingerprint density at radius 1 is 1.21 bits per heavy atom. The molecule has 1 amide bonds. The maximum atomic E-state index is 13.9. The summed E-state index contributed by atoms with van der Waals surface area (Å²) in [5.41, 5.74) is 4.22. The van der Waals surface area contributed by atoms with Gasteiger partial charge < -0.3 is 9.64 Å². The van der Waals surface area contributed by atoms with Crippen molar-refractivity contribution in [3.63, 3.8) is 0 Å². The lowest BCUT2D eigenvalue weighted by atomic mass is 10.0. The lowest BCUT2D eigenvalue weighted by molar-refractivity contribution is -0.131. The third-order valence-corrected chi connectivity index (χ3v) is 5.20. The number of hydrogen-bond acceptors (Lipinski definition) is 4. The molecule has 0 bridgehead atoms. The van der Waals surface area contributed by atoms with Gasteiger partial charge >= 0.3 is 0 Å². The number of nitrogens with zero attached hydrogens (tertiary/aromatic N) is 4. The average Bonchev–Trinajstić information content (AvgIpc) is 3.03. The van der Waals surface area contributed by atoms with Gasteiger partial charge in [0.2, 0.25) is 11.8 Å². The van der Waals surface area contributed by atoms with Crippen LogP contribution in [0.25, 0.3) is 0 Å². The predicted molar refractivity (Wildman–Crippen MR) is 106 cm³/mol. The maximum Gasteiger partial charge on any atom is 0.227 e. The molecule has 6 nitrogen and oxygen atoms in total. The van der Waals surface area contributed by atoms with Crippen molar-refractivity contribution in [3.05, 3.63) is 76.5 Å². The summed E-state index contributed by atoms with van der Waals surface area (Å²) in [6.45, 7) is 3.25. The number of aromatic nitrogens is 3. The molecule has 2 aromatic heterocycles. The Morgan fingerprint density at radius 2 is 2.03 bits per heavy atom. The zero-order valence-corrected chi connectivity index (χ0v) is 16.6. The van der Waals surface area contributed by atoms with Crippen LogP contribution < -0.4 is 4.74 Å². The Bertz CT molecular complexity index is 1050. The van der Waals surface area contributed by atoms with Gasteiger partial charge in [0.1, 0.15) is 18.1 Å². The molecule has 0 N–H and O–H groups in total. The highest BCUT2D eigenvalue weighted by Gasteiger charge is 2.27. The normalized spacial score (nSPS) is 13.3. The van der Waals surface area contributed by atoms with E-state index in [0.717, 1.165) is 22.6 Å². The lowest BCUT2D eigenvalue weighted by Gasteiger charge is -2.28. The number of rotatable bonds is 5. The maximum absolute atomic E-state index is 13.9. The summed E-state index contributed by atoms with van der Waals surface area (Å²) in [4.78, 5) is 18.9. The molecule has 0 spiro atoms. The summed E-state index contributed by atoms with van der Waals surface area (Å²) in [6, 6.07) is 12.0. The second-order valence-corrected chi connectivity index (χ2v) is 7.23. The van der Waals surface area contributed by atoms with Crippen LogP contribution in [-0.4, -0.2) is 32.1 Å². The minimum Gasteiger partial charge on any atom is -0.471 e. The van der Waals surface area contributed by atoms with Gasteiger partial charge in [-0.1, -0.05) is 24.3 Å². The van der Waals surface area contributed by atoms with E-state index in [2.05, 4.69) is 10.1 Å². The second kappa shape index (κ2) is 8.03. The summed E-state index contributed by atoms with van der Waals surface area (Å²) in [7, 11) is 1.91. The molecule has 3 heterocycles. The van der Waals surface area contributed by atoms with Gasteiger partial charge in [-0.05, 0) is 24.6 Å². The Morgan fingerprint density at radius 3 is 2.83 bits per heavy atom. The summed E-state index contributed by atoms with van der Waals surface area (Å²) < 4.78 is 21.6. The fourth-order valence-electron chi connectivity index (χ4n) is 3.66. The average molecular weight is 394 g/mol. The van der Waals surface area contributed by atoms with Crippen molar-refractivity contribution < 1.29 is 13.9 Å². The minimum absolute atomic E-state index is 0.0569. The van der Waals surface area contributed by atoms with E-state index in [4.69, 9.17) is 4.74 Å². The number of ether oxygens (including phenoxy) is 1. The molecule has 0 atom stereocenters. The first-order chi connectivity index (χ1) is 14.0. The zero-order valence-electron chi connectivity index (χ0n) is 16.6. The first kappa shape index (κ1) is 19.1. The minimum atomic E-state index is -0.348. The quantitative estimate of drug-likeness (QED) is 0.668. The topological polar surface area (TPSA) is 60.2 Å². The third-order valence-electron chi connectivity index (χ3n) is 5.20. The fourth-order valence-corrected chi connectivity index (χ4v) is 3.66. The molecule has 0 aliphatic carbocycles. The highest BCUT2D eigenvalue weighted by atomic mass is 19.1. The molecule has 29 heavy (non-hydrogen) atoms. The first-order valence-electron chi connectivity index (χ1n) is 9.62. The van der Waals surface area contributed by atoms with E-state index in [1.165, 1.54) is 6.07 Å². The van der Waals surface area contributed by atoms with Crippen molar-refractivity contribution in [2.75, 3.05) is 6.54 Å². The van der Waals surface area contributed by atoms with Crippen LogP contribution in [0.1, 0.15) is 28.2 Å². The van der Waals surface area contributed by atoms with Gasteiger partial charge in [-0.25, -0.2) is 9.37 Å². The number of fused-ring (bicyclic) bond motifs is 1. The summed E-state index contributed by atoms with van der Waals surface area (Å²) >= 11 is 0. The summed E-state index contributed by atoms with van der Waals surface area (Å²) in [5, 5.41) is 4.59. The third kappa shape index (κ3) is 4.13. The molecule has 1 aromatic carbocycles. The molecule has 0 fully saturated rings. The van der Waals surface area contributed by atoms with E-state index in [1.807, 2.05) is 36.9 Å². The smallest absolute Gasteiger partial charge is 0.227 e. The van der Waals surface area contributed by atoms with Gasteiger partial charge in [-0.15, -0.1) is 0 Å². The van der Waals surface area contributed by atoms with E-state index < -0.39 is 0 Å². The highest BCUT2D eigenvalue weighted by molar-refractivity contribution is 5.79.